The summed E-state index contributed by atoms with van der Waals surface area (Å²) in [5, 5.41) is 8.34. The van der Waals surface area contributed by atoms with E-state index >= 15 is 0 Å². The molecule has 0 aromatic heterocycles. The van der Waals surface area contributed by atoms with Crippen molar-refractivity contribution in [3.63, 3.8) is 0 Å². The van der Waals surface area contributed by atoms with Gasteiger partial charge >= 0.3 is 5.97 Å². The Balaban J connectivity index is 0. The van der Waals surface area contributed by atoms with Crippen LogP contribution in [0.1, 0.15) is 13.8 Å². The average Bonchev–Trinajstić information content (AvgIpc) is 1.62. The van der Waals surface area contributed by atoms with E-state index in [1.54, 1.807) is 13.8 Å². The molecular weight excluding hydrogens is 202 g/mol. The maximum atomic E-state index is 10.2. The molecule has 0 aromatic carbocycles. The third-order valence-corrected chi connectivity index (χ3v) is 1.31. The van der Waals surface area contributed by atoms with Gasteiger partial charge in [0.1, 0.15) is 6.04 Å². The van der Waals surface area contributed by atoms with Gasteiger partial charge in [-0.25, -0.2) is 0 Å². The van der Waals surface area contributed by atoms with Crippen molar-refractivity contribution in [2.24, 2.45) is 5.73 Å². The molecule has 65 valence electrons. The minimum Gasteiger partial charge on any atom is -0.480 e. The van der Waals surface area contributed by atoms with Crippen LogP contribution >= 0.6 is 12.6 Å². The van der Waals surface area contributed by atoms with Crippen LogP contribution in [-0.2, 0) is 21.9 Å². The number of carbonyl (C=O) groups is 1. The molecule has 0 saturated carbocycles. The van der Waals surface area contributed by atoms with Gasteiger partial charge in [-0.05, 0) is 13.8 Å². The Bertz CT molecular complexity index is 123. The molecule has 0 amide bonds. The third-order valence-electron chi connectivity index (χ3n) is 1.03. The first-order valence-corrected chi connectivity index (χ1v) is 3.01. The largest absolute Gasteiger partial charge is 0.480 e. The third kappa shape index (κ3) is 4.17. The number of hydrogen-bond acceptors (Lipinski definition) is 3. The summed E-state index contributed by atoms with van der Waals surface area (Å²) in [6.45, 7) is 3.32. The summed E-state index contributed by atoms with van der Waals surface area (Å²) in [6.07, 6.45) is 0. The summed E-state index contributed by atoms with van der Waals surface area (Å²) < 4.78 is -0.647. The summed E-state index contributed by atoms with van der Waals surface area (Å²) >= 11 is 3.98. The maximum absolute atomic E-state index is 10.2. The van der Waals surface area contributed by atoms with Gasteiger partial charge < -0.3 is 10.8 Å². The molecule has 0 aromatic rings. The Morgan fingerprint density at radius 2 is 2.00 bits per heavy atom. The first-order chi connectivity index (χ1) is 3.85. The normalized spacial score (nSPS) is 13.6. The standard InChI is InChI=1S/C5H11NO2S.Cu/c1-5(2,9)3(6)4(7)8;/h3,9H,6H2,1-2H3,(H,7,8);. The van der Waals surface area contributed by atoms with Gasteiger partial charge in [0.05, 0.1) is 0 Å². The SMILES string of the molecule is CC(C)(S)C(N)C(=O)O.[Cu]. The van der Waals surface area contributed by atoms with E-state index in [9.17, 15) is 4.79 Å². The van der Waals surface area contributed by atoms with E-state index in [4.69, 9.17) is 10.8 Å². The first-order valence-electron chi connectivity index (χ1n) is 2.56. The topological polar surface area (TPSA) is 63.3 Å². The van der Waals surface area contributed by atoms with Crippen LogP contribution in [-0.4, -0.2) is 21.9 Å². The van der Waals surface area contributed by atoms with Crippen molar-refractivity contribution in [1.82, 2.24) is 0 Å². The second-order valence-corrected chi connectivity index (χ2v) is 3.62. The Morgan fingerprint density at radius 3 is 2.00 bits per heavy atom. The molecule has 3 nitrogen and oxygen atoms in total. The zero-order valence-corrected chi connectivity index (χ0v) is 7.59. The molecule has 0 fully saturated rings. The van der Waals surface area contributed by atoms with E-state index in [1.807, 2.05) is 0 Å². The van der Waals surface area contributed by atoms with Crippen LogP contribution in [0, 0.1) is 0 Å². The van der Waals surface area contributed by atoms with Crippen molar-refractivity contribution in [2.45, 2.75) is 24.6 Å². The van der Waals surface area contributed by atoms with Gasteiger partial charge in [-0.15, -0.1) is 0 Å². The van der Waals surface area contributed by atoms with Crippen LogP contribution in [0.5, 0.6) is 0 Å². The van der Waals surface area contributed by atoms with Gasteiger partial charge in [0.25, 0.3) is 0 Å². The van der Waals surface area contributed by atoms with Gasteiger partial charge in [0.2, 0.25) is 0 Å². The Hall–Kier alpha value is 0.299. The van der Waals surface area contributed by atoms with E-state index < -0.39 is 16.8 Å². The van der Waals surface area contributed by atoms with Crippen molar-refractivity contribution in [3.8, 4) is 0 Å². The molecule has 0 rings (SSSR count). The number of thiol groups is 1. The van der Waals surface area contributed by atoms with Crippen molar-refractivity contribution in [2.75, 3.05) is 0 Å². The number of nitrogens with two attached hydrogens (primary N) is 1. The van der Waals surface area contributed by atoms with Gasteiger partial charge in [-0.1, -0.05) is 0 Å². The molecule has 10 heavy (non-hydrogen) atoms. The summed E-state index contributed by atoms with van der Waals surface area (Å²) in [5.74, 6) is -1.02. The van der Waals surface area contributed by atoms with E-state index in [0.717, 1.165) is 0 Å². The monoisotopic (exact) mass is 212 g/mol. The molecule has 0 aliphatic rings. The number of carboxylic acids is 1. The zero-order valence-electron chi connectivity index (χ0n) is 5.76. The van der Waals surface area contributed by atoms with Gasteiger partial charge in [-0.3, -0.25) is 4.79 Å². The van der Waals surface area contributed by atoms with Crippen LogP contribution in [0.3, 0.4) is 0 Å². The summed E-state index contributed by atoms with van der Waals surface area (Å²) in [4.78, 5) is 10.2. The molecule has 0 spiro atoms. The van der Waals surface area contributed by atoms with Crippen LogP contribution in [0.4, 0.5) is 0 Å². The molecule has 1 unspecified atom stereocenters. The van der Waals surface area contributed by atoms with E-state index in [2.05, 4.69) is 12.6 Å². The smallest absolute Gasteiger partial charge is 0.321 e. The van der Waals surface area contributed by atoms with E-state index in [1.165, 1.54) is 0 Å². The molecule has 3 N–H and O–H groups in total. The molecule has 0 saturated heterocycles. The van der Waals surface area contributed by atoms with Crippen molar-refractivity contribution in [3.05, 3.63) is 0 Å². The summed E-state index contributed by atoms with van der Waals surface area (Å²) in [7, 11) is 0. The predicted octanol–water partition coefficient (Wildman–Crippen LogP) is 0.104. The Labute approximate surface area is 76.2 Å². The fourth-order valence-electron chi connectivity index (χ4n) is 0.302. The molecule has 0 heterocycles. The molecule has 1 radical (unpaired) electrons. The molecule has 0 aliphatic carbocycles. The van der Waals surface area contributed by atoms with Crippen molar-refractivity contribution < 1.29 is 27.0 Å². The van der Waals surface area contributed by atoms with Gasteiger partial charge in [0.15, 0.2) is 0 Å². The van der Waals surface area contributed by atoms with Gasteiger partial charge in [-0.2, -0.15) is 12.6 Å². The number of rotatable bonds is 2. The number of hydrogen-bond donors (Lipinski definition) is 3. The van der Waals surface area contributed by atoms with Crippen LogP contribution < -0.4 is 5.73 Å². The molecule has 1 atom stereocenters. The minimum atomic E-state index is -1.02. The Kier molecular flexibility index (Phi) is 5.48. The predicted molar refractivity (Wildman–Crippen MR) is 38.7 cm³/mol. The average molecular weight is 213 g/mol. The van der Waals surface area contributed by atoms with Gasteiger partial charge in [0, 0.05) is 21.8 Å². The fraction of sp³-hybridized carbons (Fsp3) is 0.800. The molecule has 0 aliphatic heterocycles. The number of aliphatic carboxylic acids is 1. The second-order valence-electron chi connectivity index (χ2n) is 2.47. The number of carboxylic acid groups (broad SMARTS) is 1. The fourth-order valence-corrected chi connectivity index (χ4v) is 0.413. The summed E-state index contributed by atoms with van der Waals surface area (Å²) in [5.41, 5.74) is 5.22. The van der Waals surface area contributed by atoms with Crippen LogP contribution in [0.2, 0.25) is 0 Å². The first kappa shape index (κ1) is 12.9. The molecule has 5 heteroatoms. The Morgan fingerprint density at radius 1 is 1.70 bits per heavy atom. The zero-order chi connectivity index (χ0) is 7.65. The van der Waals surface area contributed by atoms with E-state index in [0.29, 0.717) is 0 Å². The van der Waals surface area contributed by atoms with Crippen molar-refractivity contribution >= 4 is 18.6 Å². The quantitative estimate of drug-likeness (QED) is 0.450. The molecule has 0 bridgehead atoms. The molecular formula is C5H11CuNO2S. The summed E-state index contributed by atoms with van der Waals surface area (Å²) in [6, 6.07) is -0.902. The minimum absolute atomic E-state index is 0. The maximum Gasteiger partial charge on any atom is 0.321 e. The second kappa shape index (κ2) is 4.23. The van der Waals surface area contributed by atoms with E-state index in [-0.39, 0.29) is 17.1 Å². The van der Waals surface area contributed by atoms with Crippen molar-refractivity contribution in [1.29, 1.82) is 0 Å². The van der Waals surface area contributed by atoms with Crippen LogP contribution in [0.15, 0.2) is 0 Å². The van der Waals surface area contributed by atoms with Crippen LogP contribution in [0.25, 0.3) is 0 Å².